The molecule has 3 heteroatoms. The van der Waals surface area contributed by atoms with E-state index in [1.165, 1.54) is 0 Å². The van der Waals surface area contributed by atoms with Crippen molar-refractivity contribution in [3.8, 4) is 0 Å². The average molecular weight is 272 g/mol. The zero-order chi connectivity index (χ0) is 14.5. The van der Waals surface area contributed by atoms with Crippen molar-refractivity contribution in [2.24, 2.45) is 5.92 Å². The standard InChI is InChI=1S/C15H32N2O.CH4/c1-11(2)15(18)9-16(12(3)4)10-17(13(5)6)14(7)8;/h11-14H,9-10H2,1-8H3;1H4. The van der Waals surface area contributed by atoms with Gasteiger partial charge >= 0.3 is 0 Å². The Morgan fingerprint density at radius 3 is 1.53 bits per heavy atom. The minimum absolute atomic E-state index is 0. The number of ketones is 1. The monoisotopic (exact) mass is 272 g/mol. The Hall–Kier alpha value is -0.410. The lowest BCUT2D eigenvalue weighted by Crippen LogP contribution is -2.49. The molecule has 0 aromatic carbocycles. The summed E-state index contributed by atoms with van der Waals surface area (Å²) < 4.78 is 0. The number of Topliss-reactive ketones (excluding diaryl/α,β-unsaturated/α-hetero) is 1. The van der Waals surface area contributed by atoms with Crippen LogP contribution in [0, 0.1) is 5.92 Å². The van der Waals surface area contributed by atoms with Crippen LogP contribution in [0.1, 0.15) is 62.8 Å². The summed E-state index contributed by atoms with van der Waals surface area (Å²) >= 11 is 0. The van der Waals surface area contributed by atoms with E-state index in [9.17, 15) is 4.79 Å². The van der Waals surface area contributed by atoms with Crippen LogP contribution in [-0.4, -0.2) is 46.9 Å². The van der Waals surface area contributed by atoms with Crippen LogP contribution >= 0.6 is 0 Å². The van der Waals surface area contributed by atoms with E-state index in [0.717, 1.165) is 6.67 Å². The van der Waals surface area contributed by atoms with E-state index in [2.05, 4.69) is 51.3 Å². The summed E-state index contributed by atoms with van der Waals surface area (Å²) in [5.74, 6) is 0.453. The summed E-state index contributed by atoms with van der Waals surface area (Å²) in [6.45, 7) is 18.5. The molecular formula is C16H36N2O. The molecule has 0 fully saturated rings. The molecule has 0 heterocycles. The van der Waals surface area contributed by atoms with Crippen molar-refractivity contribution in [2.45, 2.75) is 80.9 Å². The molecule has 0 rings (SSSR count). The van der Waals surface area contributed by atoms with Gasteiger partial charge in [-0.1, -0.05) is 21.3 Å². The average Bonchev–Trinajstić information content (AvgIpc) is 2.21. The fourth-order valence-electron chi connectivity index (χ4n) is 1.91. The van der Waals surface area contributed by atoms with Crippen LogP contribution in [0.2, 0.25) is 0 Å². The van der Waals surface area contributed by atoms with Gasteiger partial charge in [-0.3, -0.25) is 14.6 Å². The molecule has 0 radical (unpaired) electrons. The predicted molar refractivity (Wildman–Crippen MR) is 85.4 cm³/mol. The number of hydrogen-bond acceptors (Lipinski definition) is 3. The van der Waals surface area contributed by atoms with Crippen LogP contribution in [0.4, 0.5) is 0 Å². The molecule has 116 valence electrons. The summed E-state index contributed by atoms with van der Waals surface area (Å²) in [5, 5.41) is 0. The van der Waals surface area contributed by atoms with Gasteiger partial charge < -0.3 is 0 Å². The molecule has 0 amide bonds. The Morgan fingerprint density at radius 2 is 1.26 bits per heavy atom. The van der Waals surface area contributed by atoms with Crippen LogP contribution in [0.3, 0.4) is 0 Å². The first kappa shape index (κ1) is 20.9. The topological polar surface area (TPSA) is 23.6 Å². The summed E-state index contributed by atoms with van der Waals surface area (Å²) in [6.07, 6.45) is 0. The first-order valence-electron chi connectivity index (χ1n) is 7.19. The lowest BCUT2D eigenvalue weighted by atomic mass is 10.1. The molecule has 0 N–H and O–H groups in total. The first-order valence-corrected chi connectivity index (χ1v) is 7.19. The second-order valence-corrected chi connectivity index (χ2v) is 6.30. The van der Waals surface area contributed by atoms with Crippen molar-refractivity contribution >= 4 is 5.78 Å². The lowest BCUT2D eigenvalue weighted by Gasteiger charge is -2.37. The van der Waals surface area contributed by atoms with Crippen molar-refractivity contribution in [1.29, 1.82) is 0 Å². The molecule has 0 aliphatic carbocycles. The fourth-order valence-corrected chi connectivity index (χ4v) is 1.91. The number of carbonyl (C=O) groups excluding carboxylic acids is 1. The highest BCUT2D eigenvalue weighted by Gasteiger charge is 2.21. The normalized spacial score (nSPS) is 12.1. The number of nitrogens with zero attached hydrogens (tertiary/aromatic N) is 2. The first-order chi connectivity index (χ1) is 8.16. The maximum Gasteiger partial charge on any atom is 0.149 e. The van der Waals surface area contributed by atoms with Gasteiger partial charge in [-0.05, 0) is 41.5 Å². The summed E-state index contributed by atoms with van der Waals surface area (Å²) in [6, 6.07) is 1.40. The van der Waals surface area contributed by atoms with Gasteiger partial charge in [-0.25, -0.2) is 0 Å². The quantitative estimate of drug-likeness (QED) is 0.630. The molecule has 0 unspecified atom stereocenters. The van der Waals surface area contributed by atoms with E-state index >= 15 is 0 Å². The smallest absolute Gasteiger partial charge is 0.149 e. The maximum atomic E-state index is 11.9. The minimum Gasteiger partial charge on any atom is -0.298 e. The lowest BCUT2D eigenvalue weighted by molar-refractivity contribution is -0.124. The van der Waals surface area contributed by atoms with E-state index in [-0.39, 0.29) is 13.3 Å². The summed E-state index contributed by atoms with van der Waals surface area (Å²) in [5.41, 5.74) is 0. The van der Waals surface area contributed by atoms with Gasteiger partial charge in [0.15, 0.2) is 0 Å². The largest absolute Gasteiger partial charge is 0.298 e. The third-order valence-corrected chi connectivity index (χ3v) is 3.40. The Kier molecular flexibility index (Phi) is 10.4. The molecule has 0 saturated heterocycles. The maximum absolute atomic E-state index is 11.9. The number of carbonyl (C=O) groups is 1. The van der Waals surface area contributed by atoms with E-state index < -0.39 is 0 Å². The number of hydrogen-bond donors (Lipinski definition) is 0. The molecule has 0 aliphatic rings. The molecule has 19 heavy (non-hydrogen) atoms. The van der Waals surface area contributed by atoms with Crippen molar-refractivity contribution in [1.82, 2.24) is 9.80 Å². The van der Waals surface area contributed by atoms with Crippen LogP contribution in [-0.2, 0) is 4.79 Å². The minimum atomic E-state index is 0. The molecule has 0 aliphatic heterocycles. The van der Waals surface area contributed by atoms with Crippen molar-refractivity contribution in [3.05, 3.63) is 0 Å². The van der Waals surface area contributed by atoms with Gasteiger partial charge in [0.05, 0.1) is 13.2 Å². The van der Waals surface area contributed by atoms with Crippen LogP contribution in [0.5, 0.6) is 0 Å². The van der Waals surface area contributed by atoms with Gasteiger partial charge in [-0.15, -0.1) is 0 Å². The highest BCUT2D eigenvalue weighted by atomic mass is 16.1. The highest BCUT2D eigenvalue weighted by molar-refractivity contribution is 5.82. The molecule has 3 nitrogen and oxygen atoms in total. The molecule has 0 atom stereocenters. The highest BCUT2D eigenvalue weighted by Crippen LogP contribution is 2.10. The van der Waals surface area contributed by atoms with Gasteiger partial charge in [0.2, 0.25) is 0 Å². The molecule has 0 spiro atoms. The molecule has 0 bridgehead atoms. The Labute approximate surface area is 121 Å². The molecule has 0 aromatic heterocycles. The molecular weight excluding hydrogens is 236 g/mol. The fraction of sp³-hybridized carbons (Fsp3) is 0.938. The molecule has 0 saturated carbocycles. The van der Waals surface area contributed by atoms with Gasteiger partial charge in [0.1, 0.15) is 5.78 Å². The van der Waals surface area contributed by atoms with Gasteiger partial charge in [0.25, 0.3) is 0 Å². The van der Waals surface area contributed by atoms with E-state index in [1.54, 1.807) is 0 Å². The SMILES string of the molecule is C.CC(C)C(=O)CN(CN(C(C)C)C(C)C)C(C)C. The van der Waals surface area contributed by atoms with Crippen molar-refractivity contribution < 1.29 is 4.79 Å². The van der Waals surface area contributed by atoms with Crippen LogP contribution < -0.4 is 0 Å². The summed E-state index contributed by atoms with van der Waals surface area (Å²) in [4.78, 5) is 16.6. The van der Waals surface area contributed by atoms with E-state index in [1.807, 2.05) is 13.8 Å². The van der Waals surface area contributed by atoms with Gasteiger partial charge in [0, 0.05) is 24.0 Å². The summed E-state index contributed by atoms with van der Waals surface area (Å²) in [7, 11) is 0. The van der Waals surface area contributed by atoms with E-state index in [0.29, 0.717) is 30.5 Å². The third-order valence-electron chi connectivity index (χ3n) is 3.40. The zero-order valence-electron chi connectivity index (χ0n) is 13.5. The van der Waals surface area contributed by atoms with Gasteiger partial charge in [-0.2, -0.15) is 0 Å². The van der Waals surface area contributed by atoms with Crippen LogP contribution in [0.25, 0.3) is 0 Å². The predicted octanol–water partition coefficient (Wildman–Crippen LogP) is 3.63. The van der Waals surface area contributed by atoms with E-state index in [4.69, 9.17) is 0 Å². The second kappa shape index (κ2) is 9.49. The molecule has 0 aromatic rings. The second-order valence-electron chi connectivity index (χ2n) is 6.30. The number of rotatable bonds is 8. The Bertz CT molecular complexity index is 239. The van der Waals surface area contributed by atoms with Crippen molar-refractivity contribution in [3.63, 3.8) is 0 Å². The zero-order valence-corrected chi connectivity index (χ0v) is 13.5. The van der Waals surface area contributed by atoms with Crippen LogP contribution in [0.15, 0.2) is 0 Å². The Balaban J connectivity index is 0. The Morgan fingerprint density at radius 1 is 0.842 bits per heavy atom. The van der Waals surface area contributed by atoms with Crippen molar-refractivity contribution in [2.75, 3.05) is 13.2 Å². The third kappa shape index (κ3) is 7.68.